The van der Waals surface area contributed by atoms with Crippen LogP contribution in [0.3, 0.4) is 0 Å². The summed E-state index contributed by atoms with van der Waals surface area (Å²) in [6, 6.07) is 9.32. The van der Waals surface area contributed by atoms with E-state index < -0.39 is 5.97 Å². The molecule has 1 saturated heterocycles. The topological polar surface area (TPSA) is 95.7 Å². The van der Waals surface area contributed by atoms with E-state index >= 15 is 0 Å². The fourth-order valence-electron chi connectivity index (χ4n) is 4.64. The van der Waals surface area contributed by atoms with Gasteiger partial charge in [-0.3, -0.25) is 9.59 Å². The lowest BCUT2D eigenvalue weighted by Crippen LogP contribution is -2.34. The Bertz CT molecular complexity index is 1170. The van der Waals surface area contributed by atoms with Gasteiger partial charge in [-0.1, -0.05) is 36.3 Å². The molecule has 7 nitrogen and oxygen atoms in total. The van der Waals surface area contributed by atoms with E-state index in [-0.39, 0.29) is 18.7 Å². The van der Waals surface area contributed by atoms with Gasteiger partial charge < -0.3 is 19.8 Å². The Hall–Kier alpha value is -3.35. The SMILES string of the molecule is C[C@H]1CCCN(c2cc(NCCC(=O)O)c3c4c(onc24)-c2ccccc2C3=O)C1. The Kier molecular flexibility index (Phi) is 4.46. The van der Waals surface area contributed by atoms with Gasteiger partial charge in [-0.05, 0) is 24.8 Å². The van der Waals surface area contributed by atoms with Crippen LogP contribution in [0.15, 0.2) is 34.9 Å². The van der Waals surface area contributed by atoms with Crippen LogP contribution < -0.4 is 10.2 Å². The van der Waals surface area contributed by atoms with Crippen LogP contribution in [0.5, 0.6) is 0 Å². The molecule has 0 radical (unpaired) electrons. The predicted octanol–water partition coefficient (Wildman–Crippen LogP) is 4.16. The summed E-state index contributed by atoms with van der Waals surface area (Å²) in [4.78, 5) is 26.7. The molecule has 2 N–H and O–H groups in total. The number of hydrogen-bond acceptors (Lipinski definition) is 6. The van der Waals surface area contributed by atoms with E-state index in [0.29, 0.717) is 39.4 Å². The number of aliphatic carboxylic acids is 1. The first kappa shape index (κ1) is 18.7. The van der Waals surface area contributed by atoms with E-state index in [2.05, 4.69) is 22.3 Å². The lowest BCUT2D eigenvalue weighted by molar-refractivity contribution is -0.136. The van der Waals surface area contributed by atoms with Crippen molar-refractivity contribution < 1.29 is 19.2 Å². The zero-order valence-electron chi connectivity index (χ0n) is 16.8. The van der Waals surface area contributed by atoms with Crippen LogP contribution in [-0.4, -0.2) is 41.7 Å². The molecule has 2 aromatic carbocycles. The van der Waals surface area contributed by atoms with Crippen LogP contribution in [0.2, 0.25) is 0 Å². The molecule has 1 aliphatic heterocycles. The number of benzene rings is 2. The molecule has 1 aliphatic carbocycles. The largest absolute Gasteiger partial charge is 0.481 e. The molecule has 5 rings (SSSR count). The lowest BCUT2D eigenvalue weighted by Gasteiger charge is -2.33. The summed E-state index contributed by atoms with van der Waals surface area (Å²) in [6.07, 6.45) is 2.25. The minimum atomic E-state index is -0.885. The molecule has 3 aromatic rings. The summed E-state index contributed by atoms with van der Waals surface area (Å²) in [6.45, 7) is 4.30. The monoisotopic (exact) mass is 405 g/mol. The number of rotatable bonds is 5. The molecule has 2 heterocycles. The molecule has 154 valence electrons. The molecule has 30 heavy (non-hydrogen) atoms. The smallest absolute Gasteiger partial charge is 0.305 e. The minimum absolute atomic E-state index is 0.0329. The highest BCUT2D eigenvalue weighted by Gasteiger charge is 2.34. The fraction of sp³-hybridized carbons (Fsp3) is 0.348. The molecule has 1 aromatic heterocycles. The number of nitrogens with zero attached hydrogens (tertiary/aromatic N) is 2. The fourth-order valence-corrected chi connectivity index (χ4v) is 4.64. The molecule has 2 aliphatic rings. The van der Waals surface area contributed by atoms with Crippen molar-refractivity contribution in [1.82, 2.24) is 5.16 Å². The van der Waals surface area contributed by atoms with Crippen LogP contribution in [0, 0.1) is 5.92 Å². The van der Waals surface area contributed by atoms with Crippen molar-refractivity contribution in [2.45, 2.75) is 26.2 Å². The highest BCUT2D eigenvalue weighted by molar-refractivity contribution is 6.28. The van der Waals surface area contributed by atoms with E-state index in [1.165, 1.54) is 6.42 Å². The highest BCUT2D eigenvalue weighted by Crippen LogP contribution is 2.46. The van der Waals surface area contributed by atoms with E-state index in [9.17, 15) is 9.59 Å². The number of anilines is 2. The van der Waals surface area contributed by atoms with Crippen molar-refractivity contribution in [3.63, 3.8) is 0 Å². The highest BCUT2D eigenvalue weighted by atomic mass is 16.5. The third-order valence-electron chi connectivity index (χ3n) is 6.03. The second-order valence-corrected chi connectivity index (χ2v) is 8.19. The summed E-state index contributed by atoms with van der Waals surface area (Å²) >= 11 is 0. The zero-order chi connectivity index (χ0) is 20.8. The maximum atomic E-state index is 13.4. The number of hydrogen-bond donors (Lipinski definition) is 2. The molecule has 0 spiro atoms. The molecule has 1 fully saturated rings. The summed E-state index contributed by atoms with van der Waals surface area (Å²) in [5.41, 5.74) is 4.10. The summed E-state index contributed by atoms with van der Waals surface area (Å²) < 4.78 is 5.78. The number of carbonyl (C=O) groups is 2. The van der Waals surface area contributed by atoms with E-state index in [1.807, 2.05) is 24.3 Å². The Morgan fingerprint density at radius 3 is 2.90 bits per heavy atom. The van der Waals surface area contributed by atoms with Crippen LogP contribution in [0.4, 0.5) is 11.4 Å². The standard InChI is InChI=1S/C23H23N3O4/c1-13-5-4-10-26(12-13)17-11-16(24-9-8-18(27)28)19-20-21(17)25-30-23(20)15-7-3-2-6-14(15)22(19)29/h2-3,6-7,11,13,24H,4-5,8-10,12H2,1H3,(H,27,28)/t13-/m0/s1. The third-order valence-corrected chi connectivity index (χ3v) is 6.03. The normalized spacial score (nSPS) is 17.8. The minimum Gasteiger partial charge on any atom is -0.481 e. The Labute approximate surface area is 173 Å². The molecule has 0 bridgehead atoms. The van der Waals surface area contributed by atoms with Gasteiger partial charge in [-0.2, -0.15) is 0 Å². The molecule has 0 amide bonds. The van der Waals surface area contributed by atoms with Gasteiger partial charge >= 0.3 is 5.97 Å². The third kappa shape index (κ3) is 2.93. The lowest BCUT2D eigenvalue weighted by atomic mass is 9.86. The predicted molar refractivity (Wildman–Crippen MR) is 114 cm³/mol. The molecule has 1 atom stereocenters. The summed E-state index contributed by atoms with van der Waals surface area (Å²) in [5.74, 6) is 0.189. The number of carboxylic acids is 1. The second kappa shape index (κ2) is 7.16. The summed E-state index contributed by atoms with van der Waals surface area (Å²) in [7, 11) is 0. The van der Waals surface area contributed by atoms with Crippen LogP contribution >= 0.6 is 0 Å². The van der Waals surface area contributed by atoms with Crippen molar-refractivity contribution in [2.75, 3.05) is 29.9 Å². The van der Waals surface area contributed by atoms with Gasteiger partial charge in [0.05, 0.1) is 23.1 Å². The van der Waals surface area contributed by atoms with Crippen molar-refractivity contribution in [2.24, 2.45) is 5.92 Å². The number of carbonyl (C=O) groups excluding carboxylic acids is 1. The average Bonchev–Trinajstić information content (AvgIpc) is 3.17. The van der Waals surface area contributed by atoms with Gasteiger partial charge in [0.25, 0.3) is 0 Å². The van der Waals surface area contributed by atoms with Gasteiger partial charge in [-0.25, -0.2) is 0 Å². The number of nitrogens with one attached hydrogen (secondary N) is 1. The quantitative estimate of drug-likeness (QED) is 0.515. The number of fused-ring (bicyclic) bond motifs is 2. The average molecular weight is 405 g/mol. The Morgan fingerprint density at radius 1 is 1.33 bits per heavy atom. The van der Waals surface area contributed by atoms with Crippen molar-refractivity contribution in [1.29, 1.82) is 0 Å². The second-order valence-electron chi connectivity index (χ2n) is 8.19. The Morgan fingerprint density at radius 2 is 2.13 bits per heavy atom. The van der Waals surface area contributed by atoms with E-state index in [1.54, 1.807) is 6.07 Å². The van der Waals surface area contributed by atoms with Gasteiger partial charge in [0.15, 0.2) is 11.5 Å². The van der Waals surface area contributed by atoms with E-state index in [4.69, 9.17) is 9.63 Å². The zero-order valence-corrected chi connectivity index (χ0v) is 16.8. The number of aromatic nitrogens is 1. The van der Waals surface area contributed by atoms with Crippen molar-refractivity contribution >= 4 is 34.0 Å². The van der Waals surface area contributed by atoms with Gasteiger partial charge in [0, 0.05) is 36.4 Å². The molecular formula is C23H23N3O4. The first-order valence-corrected chi connectivity index (χ1v) is 10.4. The van der Waals surface area contributed by atoms with Gasteiger partial charge in [0.2, 0.25) is 0 Å². The molecular weight excluding hydrogens is 382 g/mol. The van der Waals surface area contributed by atoms with Crippen LogP contribution in [0.1, 0.15) is 42.1 Å². The van der Waals surface area contributed by atoms with Crippen LogP contribution in [0.25, 0.3) is 22.2 Å². The first-order chi connectivity index (χ1) is 14.5. The molecule has 0 saturated carbocycles. The van der Waals surface area contributed by atoms with Crippen molar-refractivity contribution in [3.8, 4) is 11.3 Å². The number of piperidine rings is 1. The van der Waals surface area contributed by atoms with Gasteiger partial charge in [0.1, 0.15) is 5.52 Å². The molecule has 0 unspecified atom stereocenters. The van der Waals surface area contributed by atoms with Gasteiger partial charge in [-0.15, -0.1) is 0 Å². The van der Waals surface area contributed by atoms with E-state index in [0.717, 1.165) is 30.8 Å². The maximum absolute atomic E-state index is 13.4. The van der Waals surface area contributed by atoms with Crippen molar-refractivity contribution in [3.05, 3.63) is 41.5 Å². The number of ketones is 1. The number of carboxylic acid groups (broad SMARTS) is 1. The first-order valence-electron chi connectivity index (χ1n) is 10.4. The Balaban J connectivity index is 1.71. The maximum Gasteiger partial charge on any atom is 0.305 e. The van der Waals surface area contributed by atoms with Crippen LogP contribution in [-0.2, 0) is 4.79 Å². The summed E-state index contributed by atoms with van der Waals surface area (Å²) in [5, 5.41) is 17.3. The molecule has 7 heteroatoms.